The molecule has 4 aromatic rings. The predicted molar refractivity (Wildman–Crippen MR) is 122 cm³/mol. The zero-order chi connectivity index (χ0) is 24.8. The van der Waals surface area contributed by atoms with Gasteiger partial charge in [-0.25, -0.2) is 14.4 Å². The van der Waals surface area contributed by atoms with Gasteiger partial charge in [-0.05, 0) is 45.7 Å². The van der Waals surface area contributed by atoms with Crippen LogP contribution in [-0.4, -0.2) is 51.5 Å². The van der Waals surface area contributed by atoms with Crippen LogP contribution >= 0.6 is 0 Å². The number of benzene rings is 2. The average molecular weight is 480 g/mol. The fourth-order valence-corrected chi connectivity index (χ4v) is 3.13. The average Bonchev–Trinajstić information content (AvgIpc) is 3.44. The first-order chi connectivity index (χ1) is 16.9. The SMILES string of the molecule is C[NH+](C)Cc1c(C(=O)NN=Cc2cccc(OCc3ccc(F)cc3)c2)nnn1-c1nonc1N. The number of nitrogens with two attached hydrogens (primary N) is 1. The molecule has 2 heterocycles. The number of rotatable bonds is 9. The molecule has 0 saturated carbocycles. The molecule has 0 spiro atoms. The maximum atomic E-state index is 13.0. The van der Waals surface area contributed by atoms with Gasteiger partial charge < -0.3 is 15.4 Å². The highest BCUT2D eigenvalue weighted by Crippen LogP contribution is 2.16. The van der Waals surface area contributed by atoms with Gasteiger partial charge in [0.15, 0.2) is 5.69 Å². The molecular formula is C22H23FN9O3+. The largest absolute Gasteiger partial charge is 0.489 e. The number of quaternary nitrogens is 1. The Kier molecular flexibility index (Phi) is 7.07. The van der Waals surface area contributed by atoms with Gasteiger partial charge in [0.25, 0.3) is 5.91 Å². The summed E-state index contributed by atoms with van der Waals surface area (Å²) < 4.78 is 24.7. The molecule has 0 bridgehead atoms. The monoisotopic (exact) mass is 480 g/mol. The molecule has 0 unspecified atom stereocenters. The normalized spacial score (nSPS) is 11.3. The van der Waals surface area contributed by atoms with E-state index in [1.54, 1.807) is 36.4 Å². The Hall–Kier alpha value is -4.65. The summed E-state index contributed by atoms with van der Waals surface area (Å²) in [5.41, 5.74) is 10.3. The van der Waals surface area contributed by atoms with E-state index in [4.69, 9.17) is 10.5 Å². The van der Waals surface area contributed by atoms with Crippen LogP contribution in [-0.2, 0) is 13.2 Å². The molecular weight excluding hydrogens is 457 g/mol. The number of nitrogens with one attached hydrogen (secondary N) is 2. The van der Waals surface area contributed by atoms with Crippen molar-refractivity contribution in [3.63, 3.8) is 0 Å². The number of carbonyl (C=O) groups excluding carboxylic acids is 1. The Labute approximate surface area is 199 Å². The van der Waals surface area contributed by atoms with Crippen molar-refractivity contribution in [2.45, 2.75) is 13.2 Å². The van der Waals surface area contributed by atoms with Crippen LogP contribution in [0, 0.1) is 5.82 Å². The second kappa shape index (κ2) is 10.5. The van der Waals surface area contributed by atoms with Crippen molar-refractivity contribution in [3.8, 4) is 11.6 Å². The summed E-state index contributed by atoms with van der Waals surface area (Å²) >= 11 is 0. The molecule has 0 saturated heterocycles. The Morgan fingerprint density at radius 2 is 2.06 bits per heavy atom. The summed E-state index contributed by atoms with van der Waals surface area (Å²) in [5.74, 6) is -0.0822. The fraction of sp³-hybridized carbons (Fsp3) is 0.182. The van der Waals surface area contributed by atoms with Gasteiger partial charge in [0.05, 0.1) is 20.3 Å². The minimum absolute atomic E-state index is 0.0245. The third-order valence-corrected chi connectivity index (χ3v) is 4.75. The maximum Gasteiger partial charge on any atom is 0.294 e. The van der Waals surface area contributed by atoms with Crippen molar-refractivity contribution in [3.05, 3.63) is 76.9 Å². The highest BCUT2D eigenvalue weighted by atomic mass is 19.1. The molecule has 2 aromatic heterocycles. The second-order valence-electron chi connectivity index (χ2n) is 7.84. The van der Waals surface area contributed by atoms with Crippen LogP contribution in [0.3, 0.4) is 0 Å². The lowest BCUT2D eigenvalue weighted by Crippen LogP contribution is -3.04. The minimum Gasteiger partial charge on any atom is -0.489 e. The van der Waals surface area contributed by atoms with Crippen molar-refractivity contribution in [2.75, 3.05) is 19.8 Å². The number of amides is 1. The van der Waals surface area contributed by atoms with E-state index < -0.39 is 5.91 Å². The lowest BCUT2D eigenvalue weighted by atomic mass is 10.2. The number of hydrogen-bond acceptors (Lipinski definition) is 9. The lowest BCUT2D eigenvalue weighted by molar-refractivity contribution is -0.873. The predicted octanol–water partition coefficient (Wildman–Crippen LogP) is 0.359. The van der Waals surface area contributed by atoms with E-state index in [1.165, 1.54) is 23.0 Å². The molecule has 0 aliphatic heterocycles. The Morgan fingerprint density at radius 1 is 1.26 bits per heavy atom. The minimum atomic E-state index is -0.553. The van der Waals surface area contributed by atoms with E-state index in [2.05, 4.69) is 35.8 Å². The van der Waals surface area contributed by atoms with Crippen LogP contribution in [0.25, 0.3) is 5.82 Å². The van der Waals surface area contributed by atoms with Gasteiger partial charge in [-0.2, -0.15) is 9.78 Å². The van der Waals surface area contributed by atoms with Crippen molar-refractivity contribution in [2.24, 2.45) is 5.10 Å². The van der Waals surface area contributed by atoms with Gasteiger partial charge in [-0.15, -0.1) is 5.10 Å². The number of hydrogen-bond donors (Lipinski definition) is 3. The molecule has 4 rings (SSSR count). The van der Waals surface area contributed by atoms with E-state index in [-0.39, 0.29) is 29.8 Å². The number of halogens is 1. The number of nitrogens with zero attached hydrogens (tertiary/aromatic N) is 6. The van der Waals surface area contributed by atoms with E-state index in [1.807, 2.05) is 14.1 Å². The number of hydrazone groups is 1. The van der Waals surface area contributed by atoms with Crippen molar-refractivity contribution in [1.82, 2.24) is 30.7 Å². The highest BCUT2D eigenvalue weighted by molar-refractivity contribution is 5.94. The zero-order valence-electron chi connectivity index (χ0n) is 19.0. The molecule has 0 radical (unpaired) electrons. The van der Waals surface area contributed by atoms with Crippen LogP contribution in [0.1, 0.15) is 27.3 Å². The van der Waals surface area contributed by atoms with Gasteiger partial charge >= 0.3 is 0 Å². The Balaban J connectivity index is 1.43. The first kappa shape index (κ1) is 23.5. The quantitative estimate of drug-likeness (QED) is 0.229. The molecule has 0 aliphatic carbocycles. The highest BCUT2D eigenvalue weighted by Gasteiger charge is 2.25. The van der Waals surface area contributed by atoms with Gasteiger partial charge in [0.1, 0.15) is 30.4 Å². The number of aromatic nitrogens is 5. The van der Waals surface area contributed by atoms with Gasteiger partial charge in [-0.1, -0.05) is 29.5 Å². The third kappa shape index (κ3) is 5.83. The summed E-state index contributed by atoms with van der Waals surface area (Å²) in [6.45, 7) is 0.689. The van der Waals surface area contributed by atoms with Crippen LogP contribution < -0.4 is 20.8 Å². The van der Waals surface area contributed by atoms with Crippen molar-refractivity contribution >= 4 is 17.9 Å². The molecule has 0 atom stereocenters. The Morgan fingerprint density at radius 3 is 2.77 bits per heavy atom. The topological polar surface area (TPSA) is 151 Å². The molecule has 0 aliphatic rings. The van der Waals surface area contributed by atoms with E-state index >= 15 is 0 Å². The second-order valence-corrected chi connectivity index (χ2v) is 7.84. The fourth-order valence-electron chi connectivity index (χ4n) is 3.13. The van der Waals surface area contributed by atoms with Gasteiger partial charge in [-0.3, -0.25) is 4.79 Å². The Bertz CT molecular complexity index is 1330. The summed E-state index contributed by atoms with van der Waals surface area (Å²) in [4.78, 5) is 13.8. The summed E-state index contributed by atoms with van der Waals surface area (Å²) in [6, 6.07) is 13.2. The molecule has 180 valence electrons. The number of nitrogen functional groups attached to an aromatic ring is 1. The van der Waals surface area contributed by atoms with Crippen LogP contribution in [0.4, 0.5) is 10.2 Å². The lowest BCUT2D eigenvalue weighted by Gasteiger charge is -2.09. The first-order valence-corrected chi connectivity index (χ1v) is 10.5. The summed E-state index contributed by atoms with van der Waals surface area (Å²) in [6.07, 6.45) is 1.48. The maximum absolute atomic E-state index is 13.0. The molecule has 13 heteroatoms. The molecule has 2 aromatic carbocycles. The van der Waals surface area contributed by atoms with Crippen LogP contribution in [0.5, 0.6) is 5.75 Å². The van der Waals surface area contributed by atoms with Gasteiger partial charge in [0, 0.05) is 0 Å². The molecule has 35 heavy (non-hydrogen) atoms. The van der Waals surface area contributed by atoms with E-state index in [0.29, 0.717) is 23.6 Å². The number of ether oxygens (including phenoxy) is 1. The summed E-state index contributed by atoms with van der Waals surface area (Å²) in [7, 11) is 3.82. The first-order valence-electron chi connectivity index (χ1n) is 10.5. The van der Waals surface area contributed by atoms with E-state index in [9.17, 15) is 9.18 Å². The van der Waals surface area contributed by atoms with Crippen LogP contribution in [0.15, 0.2) is 58.3 Å². The number of anilines is 1. The standard InChI is InChI=1S/C22H22FN9O3/c1-31(2)12-18-19(26-30-32(18)21-20(24)28-35-29-21)22(33)27-25-11-15-4-3-5-17(10-15)34-13-14-6-8-16(23)9-7-14/h3-11H,12-13H2,1-2H3,(H2,24,28)(H,27,33)/p+1. The smallest absolute Gasteiger partial charge is 0.294 e. The van der Waals surface area contributed by atoms with Crippen molar-refractivity contribution in [1.29, 1.82) is 0 Å². The molecule has 4 N–H and O–H groups in total. The molecule has 0 fully saturated rings. The summed E-state index contributed by atoms with van der Waals surface area (Å²) in [5, 5.41) is 19.2. The third-order valence-electron chi connectivity index (χ3n) is 4.75. The molecule has 1 amide bonds. The van der Waals surface area contributed by atoms with Gasteiger partial charge in [0.2, 0.25) is 11.6 Å². The van der Waals surface area contributed by atoms with Crippen LogP contribution in [0.2, 0.25) is 0 Å². The molecule has 12 nitrogen and oxygen atoms in total. The zero-order valence-corrected chi connectivity index (χ0v) is 19.0. The van der Waals surface area contributed by atoms with E-state index in [0.717, 1.165) is 10.5 Å². The van der Waals surface area contributed by atoms with Crippen molar-refractivity contribution < 1.29 is 23.5 Å². The number of carbonyl (C=O) groups is 1.